The number of hydrogen-bond donors (Lipinski definition) is 2. The number of rotatable bonds is 6. The molecule has 1 aliphatic heterocycles. The van der Waals surface area contributed by atoms with E-state index in [1.165, 1.54) is 28.0 Å². The minimum absolute atomic E-state index is 0.162. The van der Waals surface area contributed by atoms with E-state index in [0.717, 1.165) is 0 Å². The van der Waals surface area contributed by atoms with Crippen LogP contribution in [0.25, 0.3) is 6.20 Å². The van der Waals surface area contributed by atoms with Gasteiger partial charge in [0.15, 0.2) is 4.80 Å². The normalized spacial score (nSPS) is 15.5. The molecule has 0 fully saturated rings. The molecule has 0 aliphatic carbocycles. The number of anilines is 1. The Morgan fingerprint density at radius 2 is 1.88 bits per heavy atom. The van der Waals surface area contributed by atoms with Crippen LogP contribution in [-0.2, 0) is 9.53 Å². The number of fused-ring (bicyclic) bond motifs is 1. The zero-order valence-corrected chi connectivity index (χ0v) is 19.8. The number of esters is 1. The molecule has 1 atom stereocenters. The van der Waals surface area contributed by atoms with Gasteiger partial charge in [-0.3, -0.25) is 9.36 Å². The summed E-state index contributed by atoms with van der Waals surface area (Å²) >= 11 is 7.24. The summed E-state index contributed by atoms with van der Waals surface area (Å²) in [7, 11) is 0. The van der Waals surface area contributed by atoms with Gasteiger partial charge in [-0.2, -0.15) is 0 Å². The van der Waals surface area contributed by atoms with Gasteiger partial charge in [0.05, 0.1) is 29.5 Å². The van der Waals surface area contributed by atoms with Gasteiger partial charge < -0.3 is 15.2 Å². The summed E-state index contributed by atoms with van der Waals surface area (Å²) in [6.45, 7) is 3.63. The summed E-state index contributed by atoms with van der Waals surface area (Å²) in [6.07, 6.45) is 1.54. The van der Waals surface area contributed by atoms with Crippen molar-refractivity contribution >= 4 is 46.8 Å². The first-order valence-electron chi connectivity index (χ1n) is 10.3. The van der Waals surface area contributed by atoms with Gasteiger partial charge in [0, 0.05) is 16.9 Å². The topological polar surface area (TPSA) is 110 Å². The SMILES string of the molecule is CCOC(=O)C1=C(C)N=c2s/c(=C\Nc3ccc(C(=O)O)cc3)c(=O)n2[C@H]1c1ccc(Cl)cc1. The number of nitrogens with one attached hydrogen (secondary N) is 1. The van der Waals surface area contributed by atoms with E-state index in [1.807, 2.05) is 0 Å². The minimum atomic E-state index is -1.02. The second-order valence-electron chi connectivity index (χ2n) is 7.38. The van der Waals surface area contributed by atoms with E-state index in [2.05, 4.69) is 10.3 Å². The number of allylic oxidation sites excluding steroid dienone is 1. The molecule has 0 amide bonds. The lowest BCUT2D eigenvalue weighted by atomic mass is 9.96. The maximum Gasteiger partial charge on any atom is 0.338 e. The maximum absolute atomic E-state index is 13.4. The van der Waals surface area contributed by atoms with Crippen molar-refractivity contribution in [3.05, 3.63) is 95.6 Å². The molecule has 0 radical (unpaired) electrons. The Balaban J connectivity index is 1.81. The Hall–Kier alpha value is -3.69. The highest BCUT2D eigenvalue weighted by molar-refractivity contribution is 7.07. The fourth-order valence-corrected chi connectivity index (χ4v) is 4.71. The standard InChI is InChI=1S/C24H20ClN3O5S/c1-3-33-23(32)19-13(2)27-24-28(20(19)14-4-8-16(25)9-5-14)21(29)18(34-24)12-26-17-10-6-15(7-11-17)22(30)31/h4-12,20,26H,3H2,1-2H3,(H,30,31)/b18-12-/t20-/m0/s1. The lowest BCUT2D eigenvalue weighted by molar-refractivity contribution is -0.139. The van der Waals surface area contributed by atoms with Crippen molar-refractivity contribution in [1.82, 2.24) is 4.57 Å². The molecule has 0 spiro atoms. The fourth-order valence-electron chi connectivity index (χ4n) is 3.61. The van der Waals surface area contributed by atoms with Gasteiger partial charge in [-0.1, -0.05) is 35.1 Å². The molecule has 0 saturated heterocycles. The lowest BCUT2D eigenvalue weighted by Gasteiger charge is -2.24. The number of halogens is 1. The molecule has 2 heterocycles. The van der Waals surface area contributed by atoms with Crippen molar-refractivity contribution in [2.24, 2.45) is 4.99 Å². The van der Waals surface area contributed by atoms with Crippen LogP contribution < -0.4 is 20.2 Å². The minimum Gasteiger partial charge on any atom is -0.478 e. The summed E-state index contributed by atoms with van der Waals surface area (Å²) in [4.78, 5) is 42.3. The van der Waals surface area contributed by atoms with Crippen molar-refractivity contribution in [2.45, 2.75) is 19.9 Å². The molecule has 4 rings (SSSR count). The van der Waals surface area contributed by atoms with Crippen molar-refractivity contribution in [2.75, 3.05) is 11.9 Å². The first kappa shape index (κ1) is 23.5. The van der Waals surface area contributed by atoms with Gasteiger partial charge in [-0.15, -0.1) is 0 Å². The summed E-state index contributed by atoms with van der Waals surface area (Å²) in [6, 6.07) is 12.4. The van der Waals surface area contributed by atoms with Crippen LogP contribution in [0.5, 0.6) is 0 Å². The summed E-state index contributed by atoms with van der Waals surface area (Å²) in [5, 5.41) is 12.6. The Labute approximate surface area is 203 Å². The van der Waals surface area contributed by atoms with Gasteiger partial charge in [0.1, 0.15) is 4.53 Å². The Kier molecular flexibility index (Phi) is 6.67. The number of ether oxygens (including phenoxy) is 1. The number of carbonyl (C=O) groups excluding carboxylic acids is 1. The molecule has 2 aromatic carbocycles. The van der Waals surface area contributed by atoms with Gasteiger partial charge in [-0.25, -0.2) is 14.6 Å². The van der Waals surface area contributed by atoms with E-state index >= 15 is 0 Å². The zero-order valence-electron chi connectivity index (χ0n) is 18.2. The van der Waals surface area contributed by atoms with Crippen LogP contribution in [0, 0.1) is 0 Å². The second kappa shape index (κ2) is 9.66. The van der Waals surface area contributed by atoms with Crippen LogP contribution in [0.3, 0.4) is 0 Å². The van der Waals surface area contributed by atoms with Crippen LogP contribution in [0.1, 0.15) is 35.8 Å². The lowest BCUT2D eigenvalue weighted by Crippen LogP contribution is -2.40. The summed E-state index contributed by atoms with van der Waals surface area (Å²) < 4.78 is 7.12. The smallest absolute Gasteiger partial charge is 0.338 e. The van der Waals surface area contributed by atoms with E-state index in [1.54, 1.807) is 56.4 Å². The third-order valence-electron chi connectivity index (χ3n) is 5.20. The predicted molar refractivity (Wildman–Crippen MR) is 130 cm³/mol. The number of carboxylic acid groups (broad SMARTS) is 1. The summed E-state index contributed by atoms with van der Waals surface area (Å²) in [5.74, 6) is -1.55. The van der Waals surface area contributed by atoms with Crippen LogP contribution >= 0.6 is 22.9 Å². The molecule has 0 saturated carbocycles. The van der Waals surface area contributed by atoms with E-state index in [4.69, 9.17) is 21.4 Å². The molecule has 0 unspecified atom stereocenters. The number of aromatic nitrogens is 1. The van der Waals surface area contributed by atoms with Crippen LogP contribution in [0.2, 0.25) is 5.02 Å². The maximum atomic E-state index is 13.4. The van der Waals surface area contributed by atoms with Crippen molar-refractivity contribution in [1.29, 1.82) is 0 Å². The summed E-state index contributed by atoms with van der Waals surface area (Å²) in [5.41, 5.74) is 1.92. The molecule has 10 heteroatoms. The number of thiazole rings is 1. The van der Waals surface area contributed by atoms with Crippen molar-refractivity contribution in [3.63, 3.8) is 0 Å². The van der Waals surface area contributed by atoms with E-state index in [0.29, 0.717) is 36.9 Å². The number of carboxylic acids is 1. The van der Waals surface area contributed by atoms with E-state index < -0.39 is 18.0 Å². The van der Waals surface area contributed by atoms with Gasteiger partial charge in [-0.05, 0) is 55.8 Å². The molecular formula is C24H20ClN3O5S. The van der Waals surface area contributed by atoms with Crippen molar-refractivity contribution < 1.29 is 19.4 Å². The average Bonchev–Trinajstić information content (AvgIpc) is 3.12. The van der Waals surface area contributed by atoms with E-state index in [9.17, 15) is 14.4 Å². The second-order valence-corrected chi connectivity index (χ2v) is 8.83. The molecule has 1 aromatic heterocycles. The Bertz CT molecular complexity index is 1470. The fraction of sp³-hybridized carbons (Fsp3) is 0.167. The number of aromatic carboxylic acids is 1. The Morgan fingerprint density at radius 1 is 1.21 bits per heavy atom. The first-order valence-corrected chi connectivity index (χ1v) is 11.5. The quantitative estimate of drug-likeness (QED) is 0.506. The Morgan fingerprint density at radius 3 is 2.50 bits per heavy atom. The van der Waals surface area contributed by atoms with Gasteiger partial charge in [0.25, 0.3) is 5.56 Å². The highest BCUT2D eigenvalue weighted by atomic mass is 35.5. The van der Waals surface area contributed by atoms with Gasteiger partial charge in [0.2, 0.25) is 0 Å². The highest BCUT2D eigenvalue weighted by Crippen LogP contribution is 2.31. The van der Waals surface area contributed by atoms with Gasteiger partial charge >= 0.3 is 11.9 Å². The van der Waals surface area contributed by atoms with Crippen LogP contribution in [0.4, 0.5) is 5.69 Å². The molecule has 34 heavy (non-hydrogen) atoms. The molecular weight excluding hydrogens is 478 g/mol. The molecule has 8 nitrogen and oxygen atoms in total. The number of benzene rings is 2. The predicted octanol–water partition coefficient (Wildman–Crippen LogP) is 3.17. The highest BCUT2D eigenvalue weighted by Gasteiger charge is 2.33. The first-order chi connectivity index (χ1) is 16.3. The van der Waals surface area contributed by atoms with Crippen molar-refractivity contribution in [3.8, 4) is 0 Å². The third-order valence-corrected chi connectivity index (χ3v) is 6.44. The molecule has 2 N–H and O–H groups in total. The largest absolute Gasteiger partial charge is 0.478 e. The number of nitrogens with zero attached hydrogens (tertiary/aromatic N) is 2. The monoisotopic (exact) mass is 497 g/mol. The van der Waals surface area contributed by atoms with E-state index in [-0.39, 0.29) is 17.7 Å². The van der Waals surface area contributed by atoms with Crippen LogP contribution in [-0.4, -0.2) is 28.2 Å². The molecule has 0 bridgehead atoms. The molecule has 174 valence electrons. The zero-order chi connectivity index (χ0) is 24.4. The number of carbonyl (C=O) groups is 2. The average molecular weight is 498 g/mol. The van der Waals surface area contributed by atoms with Crippen LogP contribution in [0.15, 0.2) is 69.6 Å². The molecule has 3 aromatic rings. The third kappa shape index (κ3) is 4.52. The number of hydrogen-bond acceptors (Lipinski definition) is 7. The molecule has 1 aliphatic rings.